The van der Waals surface area contributed by atoms with Gasteiger partial charge in [-0.3, -0.25) is 10.1 Å². The summed E-state index contributed by atoms with van der Waals surface area (Å²) in [5.41, 5.74) is 4.28. The Kier molecular flexibility index (Phi) is 5.94. The van der Waals surface area contributed by atoms with Gasteiger partial charge in [-0.05, 0) is 51.9 Å². The van der Waals surface area contributed by atoms with Crippen LogP contribution in [-0.2, 0) is 26.3 Å². The van der Waals surface area contributed by atoms with E-state index < -0.39 is 23.9 Å². The highest BCUT2D eigenvalue weighted by Gasteiger charge is 2.48. The molecule has 7 nitrogen and oxygen atoms in total. The topological polar surface area (TPSA) is 94.1 Å². The van der Waals surface area contributed by atoms with Crippen LogP contribution in [0.3, 0.4) is 0 Å². The summed E-state index contributed by atoms with van der Waals surface area (Å²) in [6, 6.07) is 19.7. The molecule has 1 aliphatic carbocycles. The number of benzene rings is 3. The summed E-state index contributed by atoms with van der Waals surface area (Å²) < 4.78 is 16.8. The molecular weight excluding hydrogens is 446 g/mol. The van der Waals surface area contributed by atoms with Gasteiger partial charge in [0.05, 0.1) is 20.6 Å². The maximum Gasteiger partial charge on any atom is 0.331 e. The van der Waals surface area contributed by atoms with Gasteiger partial charge >= 0.3 is 11.9 Å². The van der Waals surface area contributed by atoms with Crippen molar-refractivity contribution in [3.63, 3.8) is 0 Å². The SMILES string of the molecule is COc1cc2c(cc1OC)C(CC(=O)O)(C(=O)OCC1c3ccccc3-c3ccccc31)NCC2. The molecule has 180 valence electrons. The molecule has 0 saturated carbocycles. The van der Waals surface area contributed by atoms with Crippen molar-refractivity contribution >= 4 is 11.9 Å². The van der Waals surface area contributed by atoms with E-state index in [-0.39, 0.29) is 12.5 Å². The van der Waals surface area contributed by atoms with Gasteiger partial charge < -0.3 is 19.3 Å². The molecule has 5 rings (SSSR count). The number of carboxylic acid groups (broad SMARTS) is 1. The number of esters is 1. The van der Waals surface area contributed by atoms with E-state index in [1.165, 1.54) is 7.11 Å². The predicted octanol–water partition coefficient (Wildman–Crippen LogP) is 3.88. The molecule has 1 aliphatic heterocycles. The molecule has 2 aliphatic rings. The van der Waals surface area contributed by atoms with E-state index in [0.29, 0.717) is 30.0 Å². The van der Waals surface area contributed by atoms with E-state index in [4.69, 9.17) is 14.2 Å². The van der Waals surface area contributed by atoms with Crippen molar-refractivity contribution in [3.05, 3.63) is 82.9 Å². The molecular formula is C28H27NO6. The van der Waals surface area contributed by atoms with Crippen LogP contribution in [0.4, 0.5) is 0 Å². The minimum absolute atomic E-state index is 0.110. The minimum Gasteiger partial charge on any atom is -0.493 e. The van der Waals surface area contributed by atoms with Gasteiger partial charge in [0.1, 0.15) is 6.61 Å². The number of nitrogens with one attached hydrogen (secondary N) is 1. The highest BCUT2D eigenvalue weighted by Crippen LogP contribution is 2.45. The molecule has 0 spiro atoms. The van der Waals surface area contributed by atoms with Crippen molar-refractivity contribution in [3.8, 4) is 22.6 Å². The summed E-state index contributed by atoms with van der Waals surface area (Å²) >= 11 is 0. The van der Waals surface area contributed by atoms with Crippen LogP contribution in [-0.4, -0.2) is 44.4 Å². The Morgan fingerprint density at radius 3 is 2.17 bits per heavy atom. The first-order valence-electron chi connectivity index (χ1n) is 11.6. The number of carboxylic acids is 1. The second-order valence-corrected chi connectivity index (χ2v) is 8.84. The van der Waals surface area contributed by atoms with E-state index in [9.17, 15) is 14.7 Å². The standard InChI is InChI=1S/C28H27NO6/c1-33-24-13-17-11-12-29-28(15-26(30)31,23(17)14-25(24)34-2)27(32)35-16-22-20-9-5-3-7-18(20)19-8-4-6-10-21(19)22/h3-10,13-14,22,29H,11-12,15-16H2,1-2H3,(H,30,31). The van der Waals surface area contributed by atoms with Gasteiger partial charge in [0, 0.05) is 12.5 Å². The zero-order valence-corrected chi connectivity index (χ0v) is 19.7. The van der Waals surface area contributed by atoms with Crippen LogP contribution in [0.1, 0.15) is 34.6 Å². The van der Waals surface area contributed by atoms with Crippen LogP contribution < -0.4 is 14.8 Å². The Balaban J connectivity index is 1.50. The summed E-state index contributed by atoms with van der Waals surface area (Å²) in [6.45, 7) is 0.540. The molecule has 3 aromatic carbocycles. The highest BCUT2D eigenvalue weighted by atomic mass is 16.5. The third-order valence-corrected chi connectivity index (χ3v) is 7.00. The van der Waals surface area contributed by atoms with Crippen molar-refractivity contribution in [2.45, 2.75) is 24.3 Å². The number of carbonyl (C=O) groups is 2. The van der Waals surface area contributed by atoms with Crippen molar-refractivity contribution in [1.29, 1.82) is 0 Å². The quantitative estimate of drug-likeness (QED) is 0.503. The third kappa shape index (κ3) is 3.82. The molecule has 1 heterocycles. The molecule has 1 unspecified atom stereocenters. The Morgan fingerprint density at radius 2 is 1.57 bits per heavy atom. The molecule has 35 heavy (non-hydrogen) atoms. The first-order valence-corrected chi connectivity index (χ1v) is 11.6. The normalized spacial score (nSPS) is 18.2. The highest BCUT2D eigenvalue weighted by molar-refractivity contribution is 5.89. The van der Waals surface area contributed by atoms with Gasteiger partial charge in [-0.25, -0.2) is 4.79 Å². The van der Waals surface area contributed by atoms with E-state index in [1.54, 1.807) is 13.2 Å². The van der Waals surface area contributed by atoms with Crippen LogP contribution in [0.5, 0.6) is 11.5 Å². The van der Waals surface area contributed by atoms with E-state index in [2.05, 4.69) is 17.4 Å². The first-order chi connectivity index (χ1) is 17.0. The Bertz CT molecular complexity index is 1260. The van der Waals surface area contributed by atoms with Crippen molar-refractivity contribution in [1.82, 2.24) is 5.32 Å². The van der Waals surface area contributed by atoms with E-state index in [0.717, 1.165) is 27.8 Å². The second kappa shape index (κ2) is 9.07. The second-order valence-electron chi connectivity index (χ2n) is 8.84. The zero-order valence-electron chi connectivity index (χ0n) is 19.7. The fourth-order valence-corrected chi connectivity index (χ4v) is 5.39. The Morgan fingerprint density at radius 1 is 0.971 bits per heavy atom. The maximum atomic E-state index is 13.7. The summed E-state index contributed by atoms with van der Waals surface area (Å²) in [5.74, 6) is -0.883. The summed E-state index contributed by atoms with van der Waals surface area (Å²) in [5, 5.41) is 12.9. The van der Waals surface area contributed by atoms with Gasteiger partial charge in [-0.2, -0.15) is 0 Å². The molecule has 0 radical (unpaired) electrons. The molecule has 7 heteroatoms. The van der Waals surface area contributed by atoms with Crippen molar-refractivity contribution < 1.29 is 28.9 Å². The fraction of sp³-hybridized carbons (Fsp3) is 0.286. The number of aliphatic carboxylic acids is 1. The number of rotatable bonds is 7. The van der Waals surface area contributed by atoms with Crippen molar-refractivity contribution in [2.24, 2.45) is 0 Å². The predicted molar refractivity (Wildman–Crippen MR) is 130 cm³/mol. The number of fused-ring (bicyclic) bond motifs is 4. The Labute approximate surface area is 203 Å². The summed E-state index contributed by atoms with van der Waals surface area (Å²) in [4.78, 5) is 25.7. The van der Waals surface area contributed by atoms with Crippen LogP contribution >= 0.6 is 0 Å². The third-order valence-electron chi connectivity index (χ3n) is 7.00. The number of carbonyl (C=O) groups excluding carboxylic acids is 1. The average Bonchev–Trinajstić information content (AvgIpc) is 3.20. The molecule has 3 aromatic rings. The summed E-state index contributed by atoms with van der Waals surface area (Å²) in [7, 11) is 3.05. The lowest BCUT2D eigenvalue weighted by molar-refractivity contribution is -0.157. The summed E-state index contributed by atoms with van der Waals surface area (Å²) in [6.07, 6.45) is 0.167. The van der Waals surface area contributed by atoms with Crippen LogP contribution in [0, 0.1) is 0 Å². The molecule has 0 amide bonds. The number of ether oxygens (including phenoxy) is 3. The van der Waals surface area contributed by atoms with Gasteiger partial charge in [0.25, 0.3) is 0 Å². The van der Waals surface area contributed by atoms with Gasteiger partial charge in [-0.15, -0.1) is 0 Å². The maximum absolute atomic E-state index is 13.7. The molecule has 0 aromatic heterocycles. The first kappa shape index (κ1) is 22.9. The molecule has 0 fully saturated rings. The largest absolute Gasteiger partial charge is 0.493 e. The fourth-order valence-electron chi connectivity index (χ4n) is 5.39. The van der Waals surface area contributed by atoms with Crippen LogP contribution in [0.25, 0.3) is 11.1 Å². The lowest BCUT2D eigenvalue weighted by Crippen LogP contribution is -2.55. The van der Waals surface area contributed by atoms with Crippen LogP contribution in [0.15, 0.2) is 60.7 Å². The molecule has 0 bridgehead atoms. The monoisotopic (exact) mass is 473 g/mol. The van der Waals surface area contributed by atoms with Gasteiger partial charge in [0.2, 0.25) is 0 Å². The molecule has 1 atom stereocenters. The Hall–Kier alpha value is -3.84. The van der Waals surface area contributed by atoms with Gasteiger partial charge in [-0.1, -0.05) is 48.5 Å². The van der Waals surface area contributed by atoms with Crippen LogP contribution in [0.2, 0.25) is 0 Å². The lowest BCUT2D eigenvalue weighted by atomic mass is 9.79. The smallest absolute Gasteiger partial charge is 0.331 e. The average molecular weight is 474 g/mol. The molecule has 0 saturated heterocycles. The lowest BCUT2D eigenvalue weighted by Gasteiger charge is -2.37. The number of hydrogen-bond donors (Lipinski definition) is 2. The zero-order chi connectivity index (χ0) is 24.6. The number of hydrogen-bond acceptors (Lipinski definition) is 6. The van der Waals surface area contributed by atoms with Gasteiger partial charge in [0.15, 0.2) is 17.0 Å². The molecule has 2 N–H and O–H groups in total. The van der Waals surface area contributed by atoms with E-state index >= 15 is 0 Å². The number of methoxy groups -OCH3 is 2. The minimum atomic E-state index is -1.53. The van der Waals surface area contributed by atoms with E-state index in [1.807, 2.05) is 42.5 Å². The van der Waals surface area contributed by atoms with Crippen molar-refractivity contribution in [2.75, 3.05) is 27.4 Å².